The average Bonchev–Trinajstić information content (AvgIpc) is 2.91. The second-order valence-corrected chi connectivity index (χ2v) is 5.16. The largest absolute Gasteiger partial charge is 0.369 e. The second kappa shape index (κ2) is 4.48. The molecule has 3 rings (SSSR count). The number of nitrogens with zero attached hydrogens (tertiary/aromatic N) is 2. The van der Waals surface area contributed by atoms with Crippen LogP contribution in [-0.4, -0.2) is 16.3 Å². The summed E-state index contributed by atoms with van der Waals surface area (Å²) in [6.07, 6.45) is 1.96. The van der Waals surface area contributed by atoms with Crippen molar-refractivity contribution in [2.75, 3.05) is 11.9 Å². The molecule has 0 spiro atoms. The summed E-state index contributed by atoms with van der Waals surface area (Å²) in [5.41, 5.74) is 3.32. The quantitative estimate of drug-likeness (QED) is 0.910. The lowest BCUT2D eigenvalue weighted by molar-refractivity contribution is 0.832. The van der Waals surface area contributed by atoms with Crippen molar-refractivity contribution < 1.29 is 0 Å². The second-order valence-electron chi connectivity index (χ2n) is 4.31. The number of nitrogens with one attached hydrogen (secondary N) is 1. The van der Waals surface area contributed by atoms with Gasteiger partial charge in [0.15, 0.2) is 0 Å². The zero-order chi connectivity index (χ0) is 12.7. The van der Waals surface area contributed by atoms with E-state index < -0.39 is 0 Å². The minimum Gasteiger partial charge on any atom is -0.369 e. The summed E-state index contributed by atoms with van der Waals surface area (Å²) in [7, 11) is 0. The molecule has 94 valence electrons. The van der Waals surface area contributed by atoms with E-state index in [4.69, 9.17) is 23.2 Å². The zero-order valence-corrected chi connectivity index (χ0v) is 11.5. The molecule has 2 heterocycles. The molecule has 0 amide bonds. The first-order chi connectivity index (χ1) is 8.70. The summed E-state index contributed by atoms with van der Waals surface area (Å²) in [5, 5.41) is 9.26. The van der Waals surface area contributed by atoms with Gasteiger partial charge in [0.2, 0.25) is 0 Å². The Hall–Kier alpha value is -1.19. The number of anilines is 1. The van der Waals surface area contributed by atoms with Crippen LogP contribution in [-0.2, 0) is 12.8 Å². The van der Waals surface area contributed by atoms with E-state index in [1.54, 1.807) is 6.07 Å². The number of hydrogen-bond acceptors (Lipinski definition) is 2. The fourth-order valence-electron chi connectivity index (χ4n) is 2.36. The molecule has 0 aliphatic carbocycles. The van der Waals surface area contributed by atoms with E-state index in [9.17, 15) is 0 Å². The SMILES string of the molecule is CCc1nn(-c2ccc(Cl)cc2Cl)c2c1CCN2. The molecule has 2 aromatic rings. The van der Waals surface area contributed by atoms with Crippen molar-refractivity contribution in [2.45, 2.75) is 19.8 Å². The number of halogens is 2. The third-order valence-electron chi connectivity index (χ3n) is 3.21. The predicted octanol–water partition coefficient (Wildman–Crippen LogP) is 3.71. The lowest BCUT2D eigenvalue weighted by Crippen LogP contribution is -2.05. The van der Waals surface area contributed by atoms with Gasteiger partial charge in [-0.1, -0.05) is 30.1 Å². The van der Waals surface area contributed by atoms with Crippen molar-refractivity contribution in [3.8, 4) is 5.69 Å². The van der Waals surface area contributed by atoms with Crippen molar-refractivity contribution in [3.05, 3.63) is 39.5 Å². The van der Waals surface area contributed by atoms with Crippen LogP contribution in [0.4, 0.5) is 5.82 Å². The average molecular weight is 282 g/mol. The van der Waals surface area contributed by atoms with Gasteiger partial charge in [-0.2, -0.15) is 5.10 Å². The van der Waals surface area contributed by atoms with Gasteiger partial charge in [0, 0.05) is 17.1 Å². The summed E-state index contributed by atoms with van der Waals surface area (Å²) < 4.78 is 1.89. The molecular weight excluding hydrogens is 269 g/mol. The summed E-state index contributed by atoms with van der Waals surface area (Å²) >= 11 is 12.2. The van der Waals surface area contributed by atoms with Gasteiger partial charge in [-0.15, -0.1) is 0 Å². The standard InChI is InChI=1S/C13H13Cl2N3/c1-2-11-9-5-6-16-13(9)18(17-11)12-4-3-8(14)7-10(12)15/h3-4,7,16H,2,5-6H2,1H3. The topological polar surface area (TPSA) is 29.9 Å². The van der Waals surface area contributed by atoms with E-state index >= 15 is 0 Å². The molecule has 0 atom stereocenters. The molecule has 0 bridgehead atoms. The van der Waals surface area contributed by atoms with Crippen LogP contribution in [0.3, 0.4) is 0 Å². The van der Waals surface area contributed by atoms with E-state index in [-0.39, 0.29) is 0 Å². The molecule has 1 aromatic heterocycles. The highest BCUT2D eigenvalue weighted by molar-refractivity contribution is 6.35. The number of fused-ring (bicyclic) bond motifs is 1. The Balaban J connectivity index is 2.17. The van der Waals surface area contributed by atoms with Gasteiger partial charge in [0.05, 0.1) is 16.4 Å². The van der Waals surface area contributed by atoms with E-state index in [0.717, 1.165) is 36.6 Å². The minimum absolute atomic E-state index is 0.615. The van der Waals surface area contributed by atoms with E-state index in [1.165, 1.54) is 5.56 Å². The molecular formula is C13H13Cl2N3. The van der Waals surface area contributed by atoms with Crippen molar-refractivity contribution in [2.24, 2.45) is 0 Å². The number of benzene rings is 1. The normalized spacial score (nSPS) is 13.5. The molecule has 5 heteroatoms. The van der Waals surface area contributed by atoms with Gasteiger partial charge in [0.1, 0.15) is 5.82 Å². The highest BCUT2D eigenvalue weighted by atomic mass is 35.5. The fourth-order valence-corrected chi connectivity index (χ4v) is 2.85. The molecule has 3 nitrogen and oxygen atoms in total. The Morgan fingerprint density at radius 3 is 2.94 bits per heavy atom. The zero-order valence-electron chi connectivity index (χ0n) is 10.0. The van der Waals surface area contributed by atoms with Crippen molar-refractivity contribution in [3.63, 3.8) is 0 Å². The van der Waals surface area contributed by atoms with Crippen LogP contribution in [0.1, 0.15) is 18.2 Å². The van der Waals surface area contributed by atoms with Crippen molar-refractivity contribution in [1.29, 1.82) is 0 Å². The Morgan fingerprint density at radius 2 is 2.22 bits per heavy atom. The van der Waals surface area contributed by atoms with Crippen LogP contribution in [0, 0.1) is 0 Å². The lowest BCUT2D eigenvalue weighted by atomic mass is 10.2. The van der Waals surface area contributed by atoms with Crippen LogP contribution in [0.5, 0.6) is 0 Å². The highest BCUT2D eigenvalue weighted by Gasteiger charge is 2.22. The van der Waals surface area contributed by atoms with Crippen LogP contribution in [0.15, 0.2) is 18.2 Å². The maximum absolute atomic E-state index is 6.25. The van der Waals surface area contributed by atoms with Gasteiger partial charge in [-0.05, 0) is 31.0 Å². The molecule has 0 saturated carbocycles. The van der Waals surface area contributed by atoms with Gasteiger partial charge in [-0.25, -0.2) is 4.68 Å². The smallest absolute Gasteiger partial charge is 0.133 e. The minimum atomic E-state index is 0.615. The van der Waals surface area contributed by atoms with Crippen molar-refractivity contribution in [1.82, 2.24) is 9.78 Å². The number of rotatable bonds is 2. The Morgan fingerprint density at radius 1 is 1.39 bits per heavy atom. The monoisotopic (exact) mass is 281 g/mol. The number of aromatic nitrogens is 2. The van der Waals surface area contributed by atoms with Crippen LogP contribution >= 0.6 is 23.2 Å². The molecule has 18 heavy (non-hydrogen) atoms. The predicted molar refractivity (Wildman–Crippen MR) is 75.2 cm³/mol. The van der Waals surface area contributed by atoms with Crippen LogP contribution in [0.2, 0.25) is 10.0 Å². The first kappa shape index (κ1) is 11.9. The summed E-state index contributed by atoms with van der Waals surface area (Å²) in [6.45, 7) is 3.08. The molecule has 0 radical (unpaired) electrons. The first-order valence-electron chi connectivity index (χ1n) is 6.00. The highest BCUT2D eigenvalue weighted by Crippen LogP contribution is 2.32. The maximum Gasteiger partial charge on any atom is 0.133 e. The molecule has 1 aliphatic rings. The molecule has 0 fully saturated rings. The van der Waals surface area contributed by atoms with E-state index in [1.807, 2.05) is 16.8 Å². The Bertz CT molecular complexity index is 605. The van der Waals surface area contributed by atoms with Gasteiger partial charge < -0.3 is 5.32 Å². The Labute approximate surface area is 116 Å². The van der Waals surface area contributed by atoms with Gasteiger partial charge >= 0.3 is 0 Å². The molecule has 1 aliphatic heterocycles. The lowest BCUT2D eigenvalue weighted by Gasteiger charge is -2.08. The summed E-state index contributed by atoms with van der Waals surface area (Å²) in [6, 6.07) is 5.47. The van der Waals surface area contributed by atoms with Crippen LogP contribution in [0.25, 0.3) is 5.69 Å². The molecule has 1 N–H and O–H groups in total. The third-order valence-corrected chi connectivity index (χ3v) is 3.74. The van der Waals surface area contributed by atoms with Crippen LogP contribution < -0.4 is 5.32 Å². The van der Waals surface area contributed by atoms with E-state index in [2.05, 4.69) is 17.3 Å². The summed E-state index contributed by atoms with van der Waals surface area (Å²) in [5.74, 6) is 1.07. The van der Waals surface area contributed by atoms with Crippen molar-refractivity contribution >= 4 is 29.0 Å². The van der Waals surface area contributed by atoms with Gasteiger partial charge in [-0.3, -0.25) is 0 Å². The van der Waals surface area contributed by atoms with Gasteiger partial charge in [0.25, 0.3) is 0 Å². The van der Waals surface area contributed by atoms with E-state index in [0.29, 0.717) is 10.0 Å². The third kappa shape index (κ3) is 1.78. The number of hydrogen-bond donors (Lipinski definition) is 1. The fraction of sp³-hybridized carbons (Fsp3) is 0.308. The first-order valence-corrected chi connectivity index (χ1v) is 6.76. The molecule has 0 unspecified atom stereocenters. The molecule has 0 saturated heterocycles. The Kier molecular flexibility index (Phi) is 2.96. The summed E-state index contributed by atoms with van der Waals surface area (Å²) in [4.78, 5) is 0. The number of aryl methyl sites for hydroxylation is 1. The maximum atomic E-state index is 6.25. The molecule has 1 aromatic carbocycles.